The summed E-state index contributed by atoms with van der Waals surface area (Å²) in [4.78, 5) is 11.9. The van der Waals surface area contributed by atoms with E-state index in [1.165, 1.54) is 0 Å². The van der Waals surface area contributed by atoms with E-state index in [2.05, 4.69) is 5.32 Å². The zero-order valence-electron chi connectivity index (χ0n) is 11.5. The minimum Gasteiger partial charge on any atom is -0.355 e. The number of nitrogens with one attached hydrogen (secondary N) is 1. The highest BCUT2D eigenvalue weighted by molar-refractivity contribution is 7.84. The zero-order valence-corrected chi connectivity index (χ0v) is 12.3. The summed E-state index contributed by atoms with van der Waals surface area (Å²) in [6.45, 7) is 4.11. The van der Waals surface area contributed by atoms with Gasteiger partial charge in [0, 0.05) is 34.9 Å². The summed E-state index contributed by atoms with van der Waals surface area (Å²) in [5, 5.41) is 2.79. The molecule has 0 heterocycles. The van der Waals surface area contributed by atoms with Crippen LogP contribution in [0.2, 0.25) is 0 Å². The Morgan fingerprint density at radius 1 is 1.37 bits per heavy atom. The van der Waals surface area contributed by atoms with Crippen LogP contribution < -0.4 is 11.1 Å². The molecule has 0 spiro atoms. The first-order valence-electron chi connectivity index (χ1n) is 6.49. The lowest BCUT2D eigenvalue weighted by atomic mass is 9.95. The Bertz CT molecular complexity index is 423. The number of hydrogen-bond donors (Lipinski definition) is 2. The van der Waals surface area contributed by atoms with Crippen LogP contribution in [-0.4, -0.2) is 28.2 Å². The molecule has 1 aromatic carbocycles. The number of amides is 1. The van der Waals surface area contributed by atoms with Crippen molar-refractivity contribution in [2.24, 2.45) is 11.7 Å². The summed E-state index contributed by atoms with van der Waals surface area (Å²) < 4.78 is 11.3. The Labute approximate surface area is 117 Å². The second-order valence-electron chi connectivity index (χ2n) is 4.45. The van der Waals surface area contributed by atoms with Crippen LogP contribution in [0.1, 0.15) is 25.5 Å². The molecule has 3 atom stereocenters. The Balaban J connectivity index is 2.46. The Morgan fingerprint density at radius 2 is 2.00 bits per heavy atom. The molecular formula is C14H22N2O2S. The number of carbonyl (C=O) groups is 1. The molecule has 0 radical (unpaired) electrons. The molecule has 0 fully saturated rings. The molecule has 0 bridgehead atoms. The van der Waals surface area contributed by atoms with E-state index in [4.69, 9.17) is 5.73 Å². The van der Waals surface area contributed by atoms with Gasteiger partial charge in [-0.15, -0.1) is 0 Å². The van der Waals surface area contributed by atoms with Crippen molar-refractivity contribution in [1.82, 2.24) is 5.32 Å². The molecule has 0 aliphatic carbocycles. The summed E-state index contributed by atoms with van der Waals surface area (Å²) in [7, 11) is -0.849. The van der Waals surface area contributed by atoms with Gasteiger partial charge < -0.3 is 11.1 Å². The lowest BCUT2D eigenvalue weighted by Crippen LogP contribution is -2.37. The highest BCUT2D eigenvalue weighted by atomic mass is 32.2. The summed E-state index contributed by atoms with van der Waals surface area (Å²) >= 11 is 0. The van der Waals surface area contributed by atoms with Crippen molar-refractivity contribution >= 4 is 16.7 Å². The minimum atomic E-state index is -0.849. The van der Waals surface area contributed by atoms with Crippen LogP contribution in [0.5, 0.6) is 0 Å². The number of benzene rings is 1. The topological polar surface area (TPSA) is 72.2 Å². The van der Waals surface area contributed by atoms with E-state index in [-0.39, 0.29) is 17.9 Å². The second-order valence-corrected chi connectivity index (χ2v) is 6.31. The van der Waals surface area contributed by atoms with E-state index in [0.717, 1.165) is 5.56 Å². The van der Waals surface area contributed by atoms with Crippen molar-refractivity contribution in [3.8, 4) is 0 Å². The van der Waals surface area contributed by atoms with Crippen LogP contribution in [0, 0.1) is 5.92 Å². The first kappa shape index (κ1) is 15.9. The van der Waals surface area contributed by atoms with Crippen molar-refractivity contribution in [2.45, 2.75) is 19.9 Å². The van der Waals surface area contributed by atoms with Crippen LogP contribution in [-0.2, 0) is 15.6 Å². The molecule has 3 unspecified atom stereocenters. The minimum absolute atomic E-state index is 0.0931. The predicted octanol–water partition coefficient (Wildman–Crippen LogP) is 1.21. The SMILES string of the molecule is CCS(=O)CCNC(=O)C(C)C(N)c1ccccc1. The largest absolute Gasteiger partial charge is 0.355 e. The smallest absolute Gasteiger partial charge is 0.224 e. The van der Waals surface area contributed by atoms with Gasteiger partial charge in [-0.25, -0.2) is 0 Å². The van der Waals surface area contributed by atoms with Gasteiger partial charge in [0.1, 0.15) is 0 Å². The fourth-order valence-electron chi connectivity index (χ4n) is 1.72. The van der Waals surface area contributed by atoms with E-state index in [1.807, 2.05) is 44.2 Å². The third-order valence-corrected chi connectivity index (χ3v) is 4.39. The maximum atomic E-state index is 11.9. The van der Waals surface area contributed by atoms with Crippen molar-refractivity contribution in [1.29, 1.82) is 0 Å². The number of carbonyl (C=O) groups excluding carboxylic acids is 1. The maximum absolute atomic E-state index is 11.9. The molecule has 4 nitrogen and oxygen atoms in total. The Kier molecular flexibility index (Phi) is 6.73. The third kappa shape index (κ3) is 5.12. The van der Waals surface area contributed by atoms with Gasteiger partial charge in [0.25, 0.3) is 0 Å². The fraction of sp³-hybridized carbons (Fsp3) is 0.500. The molecule has 1 rings (SSSR count). The number of nitrogens with two attached hydrogens (primary N) is 1. The van der Waals surface area contributed by atoms with Crippen LogP contribution >= 0.6 is 0 Å². The maximum Gasteiger partial charge on any atom is 0.224 e. The highest BCUT2D eigenvalue weighted by Crippen LogP contribution is 2.18. The summed E-state index contributed by atoms with van der Waals surface area (Å²) in [6.07, 6.45) is 0. The van der Waals surface area contributed by atoms with Crippen LogP contribution in [0.15, 0.2) is 30.3 Å². The van der Waals surface area contributed by atoms with Gasteiger partial charge in [0.15, 0.2) is 0 Å². The average molecular weight is 282 g/mol. The molecule has 0 aliphatic rings. The lowest BCUT2D eigenvalue weighted by molar-refractivity contribution is -0.125. The molecule has 106 valence electrons. The average Bonchev–Trinajstić information content (AvgIpc) is 2.46. The van der Waals surface area contributed by atoms with Crippen LogP contribution in [0.25, 0.3) is 0 Å². The second kappa shape index (κ2) is 8.07. The molecule has 0 aliphatic heterocycles. The monoisotopic (exact) mass is 282 g/mol. The molecule has 1 aromatic rings. The van der Waals surface area contributed by atoms with E-state index in [0.29, 0.717) is 18.1 Å². The van der Waals surface area contributed by atoms with Crippen molar-refractivity contribution in [3.63, 3.8) is 0 Å². The third-order valence-electron chi connectivity index (χ3n) is 3.09. The van der Waals surface area contributed by atoms with Crippen molar-refractivity contribution in [3.05, 3.63) is 35.9 Å². The zero-order chi connectivity index (χ0) is 14.3. The highest BCUT2D eigenvalue weighted by Gasteiger charge is 2.21. The molecule has 1 amide bonds. The number of rotatable bonds is 7. The van der Waals surface area contributed by atoms with Gasteiger partial charge in [0.05, 0.1) is 5.92 Å². The molecule has 3 N–H and O–H groups in total. The number of hydrogen-bond acceptors (Lipinski definition) is 3. The molecule has 5 heteroatoms. The van der Waals surface area contributed by atoms with Crippen LogP contribution in [0.4, 0.5) is 0 Å². The van der Waals surface area contributed by atoms with E-state index in [9.17, 15) is 9.00 Å². The van der Waals surface area contributed by atoms with Gasteiger partial charge >= 0.3 is 0 Å². The summed E-state index contributed by atoms with van der Waals surface area (Å²) in [6, 6.07) is 9.24. The van der Waals surface area contributed by atoms with Gasteiger partial charge in [0.2, 0.25) is 5.91 Å². The van der Waals surface area contributed by atoms with Gasteiger partial charge in [-0.2, -0.15) is 0 Å². The van der Waals surface area contributed by atoms with Crippen LogP contribution in [0.3, 0.4) is 0 Å². The quantitative estimate of drug-likeness (QED) is 0.789. The van der Waals surface area contributed by atoms with Gasteiger partial charge in [-0.05, 0) is 5.56 Å². The first-order chi connectivity index (χ1) is 9.06. The molecule has 0 saturated heterocycles. The lowest BCUT2D eigenvalue weighted by Gasteiger charge is -2.19. The molecular weight excluding hydrogens is 260 g/mol. The standard InChI is InChI=1S/C14H22N2O2S/c1-3-19(18)10-9-16-14(17)11(2)13(15)12-7-5-4-6-8-12/h4-8,11,13H,3,9-10,15H2,1-2H3,(H,16,17). The molecule has 19 heavy (non-hydrogen) atoms. The fourth-order valence-corrected chi connectivity index (χ4v) is 2.34. The summed E-state index contributed by atoms with van der Waals surface area (Å²) in [5.41, 5.74) is 7.02. The Morgan fingerprint density at radius 3 is 2.58 bits per heavy atom. The Hall–Kier alpha value is -1.20. The molecule has 0 aromatic heterocycles. The van der Waals surface area contributed by atoms with E-state index >= 15 is 0 Å². The summed E-state index contributed by atoms with van der Waals surface area (Å²) in [5.74, 6) is 0.715. The molecule has 0 saturated carbocycles. The van der Waals surface area contributed by atoms with E-state index < -0.39 is 10.8 Å². The van der Waals surface area contributed by atoms with Crippen molar-refractivity contribution < 1.29 is 9.00 Å². The van der Waals surface area contributed by atoms with E-state index in [1.54, 1.807) is 0 Å². The first-order valence-corrected chi connectivity index (χ1v) is 7.98. The van der Waals surface area contributed by atoms with Crippen molar-refractivity contribution in [2.75, 3.05) is 18.1 Å². The van der Waals surface area contributed by atoms with Gasteiger partial charge in [-0.3, -0.25) is 9.00 Å². The predicted molar refractivity (Wildman–Crippen MR) is 79.1 cm³/mol. The van der Waals surface area contributed by atoms with Gasteiger partial charge in [-0.1, -0.05) is 44.2 Å². The normalized spacial score (nSPS) is 15.5.